The monoisotopic (exact) mass is 337 g/mol. The van der Waals surface area contributed by atoms with Gasteiger partial charge >= 0.3 is 0 Å². The summed E-state index contributed by atoms with van der Waals surface area (Å²) in [5, 5.41) is 6.75. The number of pyridine rings is 1. The Hall–Kier alpha value is -1.73. The van der Waals surface area contributed by atoms with Gasteiger partial charge in [-0.05, 0) is 48.7 Å². The van der Waals surface area contributed by atoms with Crippen molar-refractivity contribution in [2.24, 2.45) is 0 Å². The molecule has 2 aromatic heterocycles. The minimum atomic E-state index is 0.549. The molecule has 0 aromatic carbocycles. The number of aromatic nitrogens is 1. The SMILES string of the molecule is COc1cccnc1NC(=S)NCCCSCc1ccco1. The van der Waals surface area contributed by atoms with Gasteiger partial charge in [0.2, 0.25) is 0 Å². The highest BCUT2D eigenvalue weighted by Gasteiger charge is 2.04. The quantitative estimate of drug-likeness (QED) is 0.566. The lowest BCUT2D eigenvalue weighted by Gasteiger charge is -2.12. The average Bonchev–Trinajstić information content (AvgIpc) is 3.04. The first kappa shape index (κ1) is 16.6. The second kappa shape index (κ2) is 9.32. The van der Waals surface area contributed by atoms with E-state index in [9.17, 15) is 0 Å². The van der Waals surface area contributed by atoms with E-state index in [1.807, 2.05) is 36.0 Å². The predicted octanol–water partition coefficient (Wildman–Crippen LogP) is 3.29. The molecule has 0 amide bonds. The minimum Gasteiger partial charge on any atom is -0.493 e. The van der Waals surface area contributed by atoms with Crippen molar-refractivity contribution in [3.8, 4) is 5.75 Å². The fourth-order valence-electron chi connectivity index (χ4n) is 1.74. The molecule has 7 heteroatoms. The molecule has 0 unspecified atom stereocenters. The molecule has 0 aliphatic heterocycles. The summed E-state index contributed by atoms with van der Waals surface area (Å²) in [6.07, 6.45) is 4.42. The molecule has 2 heterocycles. The van der Waals surface area contributed by atoms with E-state index in [2.05, 4.69) is 15.6 Å². The fraction of sp³-hybridized carbons (Fsp3) is 0.333. The lowest BCUT2D eigenvalue weighted by Crippen LogP contribution is -2.30. The van der Waals surface area contributed by atoms with Crippen LogP contribution < -0.4 is 15.4 Å². The Morgan fingerprint density at radius 2 is 2.32 bits per heavy atom. The normalized spacial score (nSPS) is 10.2. The number of thiocarbonyl (C=S) groups is 1. The second-order valence-corrected chi connectivity index (χ2v) is 5.93. The van der Waals surface area contributed by atoms with E-state index in [1.54, 1.807) is 19.6 Å². The van der Waals surface area contributed by atoms with E-state index in [-0.39, 0.29) is 0 Å². The van der Waals surface area contributed by atoms with Crippen LogP contribution in [0.4, 0.5) is 5.82 Å². The van der Waals surface area contributed by atoms with Crippen LogP contribution in [0.25, 0.3) is 0 Å². The second-order valence-electron chi connectivity index (χ2n) is 4.42. The number of anilines is 1. The molecule has 118 valence electrons. The molecule has 0 fully saturated rings. The van der Waals surface area contributed by atoms with Gasteiger partial charge in [-0.25, -0.2) is 4.98 Å². The maximum atomic E-state index is 5.28. The van der Waals surface area contributed by atoms with Gasteiger partial charge in [0, 0.05) is 12.7 Å². The van der Waals surface area contributed by atoms with Gasteiger partial charge in [0.05, 0.1) is 19.1 Å². The molecule has 5 nitrogen and oxygen atoms in total. The molecule has 0 aliphatic rings. The maximum absolute atomic E-state index is 5.28. The van der Waals surface area contributed by atoms with Gasteiger partial charge in [-0.15, -0.1) is 0 Å². The molecule has 2 aromatic rings. The molecule has 0 atom stereocenters. The molecule has 2 rings (SSSR count). The zero-order chi connectivity index (χ0) is 15.6. The number of nitrogens with one attached hydrogen (secondary N) is 2. The topological polar surface area (TPSA) is 59.3 Å². The summed E-state index contributed by atoms with van der Waals surface area (Å²) in [7, 11) is 1.61. The number of ether oxygens (including phenoxy) is 1. The van der Waals surface area contributed by atoms with E-state index in [4.69, 9.17) is 21.4 Å². The lowest BCUT2D eigenvalue weighted by molar-refractivity contribution is 0.415. The summed E-state index contributed by atoms with van der Waals surface area (Å²) in [6.45, 7) is 0.812. The molecule has 0 saturated heterocycles. The van der Waals surface area contributed by atoms with E-state index in [0.29, 0.717) is 16.7 Å². The highest BCUT2D eigenvalue weighted by Crippen LogP contribution is 2.19. The van der Waals surface area contributed by atoms with Gasteiger partial charge in [0.15, 0.2) is 16.7 Å². The number of methoxy groups -OCH3 is 1. The van der Waals surface area contributed by atoms with E-state index in [0.717, 1.165) is 30.2 Å². The van der Waals surface area contributed by atoms with Crippen molar-refractivity contribution in [3.63, 3.8) is 0 Å². The van der Waals surface area contributed by atoms with Crippen molar-refractivity contribution in [2.45, 2.75) is 12.2 Å². The standard InChI is InChI=1S/C15H19N3O2S2/c1-19-13-6-2-7-16-14(13)18-15(21)17-8-4-10-22-11-12-5-3-9-20-12/h2-3,5-7,9H,4,8,10-11H2,1H3,(H2,16,17,18,21). The van der Waals surface area contributed by atoms with E-state index < -0.39 is 0 Å². The lowest BCUT2D eigenvalue weighted by atomic mass is 10.4. The van der Waals surface area contributed by atoms with E-state index >= 15 is 0 Å². The van der Waals surface area contributed by atoms with Crippen LogP contribution in [0, 0.1) is 0 Å². The Labute approximate surface area is 139 Å². The Balaban J connectivity index is 1.59. The number of nitrogens with zero attached hydrogens (tertiary/aromatic N) is 1. The molecular weight excluding hydrogens is 318 g/mol. The first-order valence-corrected chi connectivity index (χ1v) is 8.50. The fourth-order valence-corrected chi connectivity index (χ4v) is 2.80. The van der Waals surface area contributed by atoms with Gasteiger partial charge < -0.3 is 19.8 Å². The molecular formula is C15H19N3O2S2. The number of thioether (sulfide) groups is 1. The van der Waals surface area contributed by atoms with Gasteiger partial charge in [-0.1, -0.05) is 0 Å². The molecule has 2 N–H and O–H groups in total. The van der Waals surface area contributed by atoms with Crippen molar-refractivity contribution >= 4 is 34.9 Å². The number of hydrogen-bond acceptors (Lipinski definition) is 5. The highest BCUT2D eigenvalue weighted by molar-refractivity contribution is 7.98. The molecule has 0 spiro atoms. The smallest absolute Gasteiger partial charge is 0.174 e. The first-order valence-electron chi connectivity index (χ1n) is 6.93. The molecule has 0 radical (unpaired) electrons. The van der Waals surface area contributed by atoms with Gasteiger partial charge in [-0.2, -0.15) is 11.8 Å². The minimum absolute atomic E-state index is 0.549. The van der Waals surface area contributed by atoms with Crippen LogP contribution >= 0.6 is 24.0 Å². The van der Waals surface area contributed by atoms with Crippen LogP contribution in [0.5, 0.6) is 5.75 Å². The highest BCUT2D eigenvalue weighted by atomic mass is 32.2. The van der Waals surface area contributed by atoms with Crippen molar-refractivity contribution < 1.29 is 9.15 Å². The van der Waals surface area contributed by atoms with Crippen molar-refractivity contribution in [3.05, 3.63) is 42.5 Å². The predicted molar refractivity (Wildman–Crippen MR) is 94.5 cm³/mol. The third-order valence-corrected chi connectivity index (χ3v) is 4.11. The first-order chi connectivity index (χ1) is 10.8. The number of rotatable bonds is 8. The van der Waals surface area contributed by atoms with Crippen LogP contribution in [-0.2, 0) is 5.75 Å². The van der Waals surface area contributed by atoms with E-state index in [1.165, 1.54) is 0 Å². The van der Waals surface area contributed by atoms with Crippen molar-refractivity contribution in [1.29, 1.82) is 0 Å². The molecule has 22 heavy (non-hydrogen) atoms. The zero-order valence-corrected chi connectivity index (χ0v) is 14.0. The summed E-state index contributed by atoms with van der Waals surface area (Å²) in [4.78, 5) is 4.20. The number of furan rings is 1. The van der Waals surface area contributed by atoms with Crippen LogP contribution in [0.1, 0.15) is 12.2 Å². The van der Waals surface area contributed by atoms with Gasteiger partial charge in [0.25, 0.3) is 0 Å². The Morgan fingerprint density at radius 1 is 1.41 bits per heavy atom. The third-order valence-electron chi connectivity index (χ3n) is 2.80. The summed E-state index contributed by atoms with van der Waals surface area (Å²) in [5.74, 6) is 4.25. The van der Waals surface area contributed by atoms with Crippen LogP contribution in [0.2, 0.25) is 0 Å². The summed E-state index contributed by atoms with van der Waals surface area (Å²) < 4.78 is 10.5. The van der Waals surface area contributed by atoms with Crippen LogP contribution in [-0.4, -0.2) is 29.5 Å². The Kier molecular flexibility index (Phi) is 7.05. The average molecular weight is 337 g/mol. The van der Waals surface area contributed by atoms with Gasteiger partial charge in [0.1, 0.15) is 5.76 Å². The van der Waals surface area contributed by atoms with Gasteiger partial charge in [-0.3, -0.25) is 0 Å². The summed E-state index contributed by atoms with van der Waals surface area (Å²) in [6, 6.07) is 7.55. The Bertz CT molecular complexity index is 576. The summed E-state index contributed by atoms with van der Waals surface area (Å²) >= 11 is 7.09. The zero-order valence-electron chi connectivity index (χ0n) is 12.4. The maximum Gasteiger partial charge on any atom is 0.174 e. The molecule has 0 saturated carbocycles. The summed E-state index contributed by atoms with van der Waals surface area (Å²) in [5.41, 5.74) is 0. The van der Waals surface area contributed by atoms with Crippen molar-refractivity contribution in [2.75, 3.05) is 24.7 Å². The van der Waals surface area contributed by atoms with Crippen LogP contribution in [0.3, 0.4) is 0 Å². The van der Waals surface area contributed by atoms with Crippen molar-refractivity contribution in [1.82, 2.24) is 10.3 Å². The third kappa shape index (κ3) is 5.57. The number of hydrogen-bond donors (Lipinski definition) is 2. The molecule has 0 aliphatic carbocycles. The largest absolute Gasteiger partial charge is 0.493 e. The molecule has 0 bridgehead atoms. The Morgan fingerprint density at radius 3 is 3.09 bits per heavy atom. The van der Waals surface area contributed by atoms with Crippen LogP contribution in [0.15, 0.2) is 41.1 Å².